The number of nitrogens with zero attached hydrogens (tertiary/aromatic N) is 2. The zero-order valence-electron chi connectivity index (χ0n) is 14.2. The van der Waals surface area contributed by atoms with Crippen molar-refractivity contribution in [1.82, 2.24) is 15.2 Å². The molecule has 1 aromatic heterocycles. The van der Waals surface area contributed by atoms with Crippen LogP contribution in [0.3, 0.4) is 0 Å². The Labute approximate surface area is 137 Å². The minimum absolute atomic E-state index is 0.156. The molecule has 2 N–H and O–H groups in total. The summed E-state index contributed by atoms with van der Waals surface area (Å²) < 4.78 is 0. The first-order chi connectivity index (χ1) is 11.0. The maximum absolute atomic E-state index is 12.1. The van der Waals surface area contributed by atoms with Crippen LogP contribution in [0.1, 0.15) is 21.6 Å². The molecule has 1 aromatic carbocycles. The highest BCUT2D eigenvalue weighted by atomic mass is 16.1. The van der Waals surface area contributed by atoms with E-state index in [2.05, 4.69) is 41.6 Å². The fourth-order valence-electron chi connectivity index (χ4n) is 2.27. The molecule has 5 nitrogen and oxygen atoms in total. The van der Waals surface area contributed by atoms with Crippen LogP contribution in [0.15, 0.2) is 36.5 Å². The van der Waals surface area contributed by atoms with Gasteiger partial charge in [0.1, 0.15) is 5.69 Å². The Morgan fingerprint density at radius 1 is 1.17 bits per heavy atom. The molecule has 0 atom stereocenters. The molecule has 0 saturated carbocycles. The Morgan fingerprint density at radius 2 is 1.87 bits per heavy atom. The number of anilines is 2. The number of aryl methyl sites for hydroxylation is 2. The Morgan fingerprint density at radius 3 is 2.52 bits per heavy atom. The average molecular weight is 312 g/mol. The fourth-order valence-corrected chi connectivity index (χ4v) is 2.27. The molecule has 0 saturated heterocycles. The molecule has 2 rings (SSSR count). The van der Waals surface area contributed by atoms with Gasteiger partial charge in [0.25, 0.3) is 5.91 Å². The van der Waals surface area contributed by atoms with Crippen molar-refractivity contribution in [2.45, 2.75) is 13.8 Å². The molecule has 1 heterocycles. The number of benzene rings is 1. The summed E-state index contributed by atoms with van der Waals surface area (Å²) in [6, 6.07) is 9.79. The van der Waals surface area contributed by atoms with Gasteiger partial charge in [-0.25, -0.2) is 0 Å². The van der Waals surface area contributed by atoms with E-state index in [4.69, 9.17) is 0 Å². The van der Waals surface area contributed by atoms with Crippen LogP contribution in [0.4, 0.5) is 11.4 Å². The van der Waals surface area contributed by atoms with E-state index in [0.717, 1.165) is 17.9 Å². The van der Waals surface area contributed by atoms with E-state index in [-0.39, 0.29) is 5.91 Å². The third-order valence-electron chi connectivity index (χ3n) is 3.59. The summed E-state index contributed by atoms with van der Waals surface area (Å²) in [6.45, 7) is 5.52. The van der Waals surface area contributed by atoms with Crippen molar-refractivity contribution in [2.24, 2.45) is 0 Å². The molecule has 0 spiro atoms. The van der Waals surface area contributed by atoms with Crippen LogP contribution in [0, 0.1) is 13.8 Å². The quantitative estimate of drug-likeness (QED) is 0.861. The van der Waals surface area contributed by atoms with Crippen molar-refractivity contribution in [2.75, 3.05) is 32.5 Å². The van der Waals surface area contributed by atoms with Crippen molar-refractivity contribution in [3.8, 4) is 0 Å². The summed E-state index contributed by atoms with van der Waals surface area (Å²) in [7, 11) is 3.94. The number of amides is 1. The lowest BCUT2D eigenvalue weighted by molar-refractivity contribution is 0.0946. The van der Waals surface area contributed by atoms with Gasteiger partial charge in [0, 0.05) is 30.7 Å². The Kier molecular flexibility index (Phi) is 5.71. The van der Waals surface area contributed by atoms with Gasteiger partial charge >= 0.3 is 0 Å². The first kappa shape index (κ1) is 17.0. The lowest BCUT2D eigenvalue weighted by Gasteiger charge is -2.13. The maximum Gasteiger partial charge on any atom is 0.269 e. The molecule has 1 amide bonds. The highest BCUT2D eigenvalue weighted by Crippen LogP contribution is 2.24. The molecule has 0 bridgehead atoms. The van der Waals surface area contributed by atoms with Gasteiger partial charge in [-0.15, -0.1) is 0 Å². The molecule has 0 aliphatic rings. The molecule has 0 aliphatic heterocycles. The molecule has 0 aliphatic carbocycles. The third kappa shape index (κ3) is 4.79. The number of hydrogen-bond acceptors (Lipinski definition) is 4. The van der Waals surface area contributed by atoms with Crippen LogP contribution in [0.25, 0.3) is 0 Å². The standard InChI is InChI=1S/C18H24N4O/c1-13-6-5-7-14(2)17(13)21-15-8-9-19-16(12-15)18(23)20-10-11-22(3)4/h5-9,12H,10-11H2,1-4H3,(H,19,21)(H,20,23). The molecule has 0 unspecified atom stereocenters. The van der Waals surface area contributed by atoms with Crippen molar-refractivity contribution >= 4 is 17.3 Å². The lowest BCUT2D eigenvalue weighted by atomic mass is 10.1. The number of nitrogens with one attached hydrogen (secondary N) is 2. The summed E-state index contributed by atoms with van der Waals surface area (Å²) in [5.74, 6) is -0.156. The summed E-state index contributed by atoms with van der Waals surface area (Å²) in [4.78, 5) is 18.3. The second-order valence-electron chi connectivity index (χ2n) is 5.88. The van der Waals surface area contributed by atoms with Gasteiger partial charge in [0.15, 0.2) is 0 Å². The van der Waals surface area contributed by atoms with Crippen LogP contribution in [0.2, 0.25) is 0 Å². The number of hydrogen-bond donors (Lipinski definition) is 2. The van der Waals surface area contributed by atoms with Gasteiger partial charge in [-0.3, -0.25) is 9.78 Å². The minimum atomic E-state index is -0.156. The van der Waals surface area contributed by atoms with Gasteiger partial charge in [-0.1, -0.05) is 18.2 Å². The van der Waals surface area contributed by atoms with E-state index in [9.17, 15) is 4.79 Å². The van der Waals surface area contributed by atoms with Crippen LogP contribution < -0.4 is 10.6 Å². The molecular formula is C18H24N4O. The van der Waals surface area contributed by atoms with E-state index < -0.39 is 0 Å². The molecule has 122 valence electrons. The van der Waals surface area contributed by atoms with Gasteiger partial charge in [0.05, 0.1) is 0 Å². The van der Waals surface area contributed by atoms with Crippen LogP contribution in [0.5, 0.6) is 0 Å². The SMILES string of the molecule is Cc1cccc(C)c1Nc1ccnc(C(=O)NCCN(C)C)c1. The Balaban J connectivity index is 2.09. The van der Waals surface area contributed by atoms with E-state index >= 15 is 0 Å². The summed E-state index contributed by atoms with van der Waals surface area (Å²) in [6.07, 6.45) is 1.65. The number of carbonyl (C=O) groups is 1. The summed E-state index contributed by atoms with van der Waals surface area (Å²) in [5.41, 5.74) is 4.67. The maximum atomic E-state index is 12.1. The first-order valence-corrected chi connectivity index (χ1v) is 7.69. The molecule has 23 heavy (non-hydrogen) atoms. The van der Waals surface area contributed by atoms with Crippen LogP contribution >= 0.6 is 0 Å². The number of likely N-dealkylation sites (N-methyl/N-ethyl adjacent to an activating group) is 1. The number of rotatable bonds is 6. The second-order valence-corrected chi connectivity index (χ2v) is 5.88. The molecule has 5 heteroatoms. The van der Waals surface area contributed by atoms with Crippen molar-refractivity contribution < 1.29 is 4.79 Å². The van der Waals surface area contributed by atoms with Crippen LogP contribution in [-0.4, -0.2) is 43.0 Å². The Hall–Kier alpha value is -2.40. The molecule has 0 fully saturated rings. The summed E-state index contributed by atoms with van der Waals surface area (Å²) in [5, 5.41) is 6.26. The first-order valence-electron chi connectivity index (χ1n) is 7.69. The number of pyridine rings is 1. The largest absolute Gasteiger partial charge is 0.355 e. The Bertz CT molecular complexity index is 662. The van der Waals surface area contributed by atoms with Crippen molar-refractivity contribution in [3.05, 3.63) is 53.3 Å². The lowest BCUT2D eigenvalue weighted by Crippen LogP contribution is -2.31. The highest BCUT2D eigenvalue weighted by molar-refractivity contribution is 5.93. The second kappa shape index (κ2) is 7.74. The molecule has 2 aromatic rings. The minimum Gasteiger partial charge on any atom is -0.355 e. The van der Waals surface area contributed by atoms with Crippen molar-refractivity contribution in [1.29, 1.82) is 0 Å². The third-order valence-corrected chi connectivity index (χ3v) is 3.59. The highest BCUT2D eigenvalue weighted by Gasteiger charge is 2.09. The van der Waals surface area contributed by atoms with E-state index in [1.54, 1.807) is 12.3 Å². The zero-order chi connectivity index (χ0) is 16.8. The average Bonchev–Trinajstić information content (AvgIpc) is 2.51. The van der Waals surface area contributed by atoms with E-state index in [1.165, 1.54) is 11.1 Å². The summed E-state index contributed by atoms with van der Waals surface area (Å²) >= 11 is 0. The van der Waals surface area contributed by atoms with Crippen molar-refractivity contribution in [3.63, 3.8) is 0 Å². The molecule has 0 radical (unpaired) electrons. The van der Waals surface area contributed by atoms with Gasteiger partial charge in [0.2, 0.25) is 0 Å². The van der Waals surface area contributed by atoms with Crippen LogP contribution in [-0.2, 0) is 0 Å². The normalized spacial score (nSPS) is 10.7. The monoisotopic (exact) mass is 312 g/mol. The predicted octanol–water partition coefficient (Wildman–Crippen LogP) is 2.73. The predicted molar refractivity (Wildman–Crippen MR) is 94.3 cm³/mol. The zero-order valence-corrected chi connectivity index (χ0v) is 14.2. The molecular weight excluding hydrogens is 288 g/mol. The van der Waals surface area contributed by atoms with Gasteiger partial charge in [-0.2, -0.15) is 0 Å². The number of aromatic nitrogens is 1. The topological polar surface area (TPSA) is 57.3 Å². The van der Waals surface area contributed by atoms with Gasteiger partial charge in [-0.05, 0) is 51.2 Å². The fraction of sp³-hybridized carbons (Fsp3) is 0.333. The number of carbonyl (C=O) groups excluding carboxylic acids is 1. The van der Waals surface area contributed by atoms with E-state index in [0.29, 0.717) is 12.2 Å². The smallest absolute Gasteiger partial charge is 0.269 e. The van der Waals surface area contributed by atoms with E-state index in [1.807, 2.05) is 31.1 Å². The number of para-hydroxylation sites is 1. The van der Waals surface area contributed by atoms with Gasteiger partial charge < -0.3 is 15.5 Å².